The number of imidazole rings is 1. The van der Waals surface area contributed by atoms with Crippen LogP contribution in [-0.2, 0) is 18.4 Å². The first-order valence-corrected chi connectivity index (χ1v) is 10.4. The summed E-state index contributed by atoms with van der Waals surface area (Å²) in [6, 6.07) is 16.4. The zero-order valence-electron chi connectivity index (χ0n) is 17.7. The van der Waals surface area contributed by atoms with Crippen LogP contribution in [0.1, 0.15) is 5.56 Å². The number of aromatic nitrogens is 6. The van der Waals surface area contributed by atoms with Gasteiger partial charge in [0.15, 0.2) is 11.5 Å². The van der Waals surface area contributed by atoms with E-state index in [9.17, 15) is 0 Å². The number of methoxy groups -OCH3 is 1. The molecule has 0 spiro atoms. The Morgan fingerprint density at radius 3 is 2.81 bits per heavy atom. The lowest BCUT2D eigenvalue weighted by Gasteiger charge is -2.06. The van der Waals surface area contributed by atoms with Gasteiger partial charge in [-0.05, 0) is 17.5 Å². The number of para-hydroxylation sites is 1. The molecule has 32 heavy (non-hydrogen) atoms. The second-order valence-corrected chi connectivity index (χ2v) is 7.81. The van der Waals surface area contributed by atoms with Crippen molar-refractivity contribution >= 4 is 32.8 Å². The van der Waals surface area contributed by atoms with Gasteiger partial charge in [-0.25, -0.2) is 14.6 Å². The number of fused-ring (bicyclic) bond motifs is 3. The first-order chi connectivity index (χ1) is 15.7. The molecule has 6 aromatic rings. The van der Waals surface area contributed by atoms with Crippen LogP contribution in [-0.4, -0.2) is 36.8 Å². The fraction of sp³-hybridized carbons (Fsp3) is 0.120. The smallest absolute Gasteiger partial charge is 0.159 e. The molecule has 0 aliphatic heterocycles. The Morgan fingerprint density at radius 1 is 1.00 bits per heavy atom. The van der Waals surface area contributed by atoms with Crippen molar-refractivity contribution < 1.29 is 4.74 Å². The van der Waals surface area contributed by atoms with Gasteiger partial charge in [0, 0.05) is 54.8 Å². The largest absolute Gasteiger partial charge is 0.380 e. The van der Waals surface area contributed by atoms with Crippen molar-refractivity contribution in [2.24, 2.45) is 7.05 Å². The fourth-order valence-corrected chi connectivity index (χ4v) is 4.29. The summed E-state index contributed by atoms with van der Waals surface area (Å²) in [5.41, 5.74) is 6.49. The molecule has 6 rings (SSSR count). The molecule has 156 valence electrons. The molecular formula is C25H20N6O. The van der Waals surface area contributed by atoms with E-state index in [-0.39, 0.29) is 0 Å². The van der Waals surface area contributed by atoms with Crippen molar-refractivity contribution in [2.75, 3.05) is 7.11 Å². The Bertz CT molecular complexity index is 1610. The van der Waals surface area contributed by atoms with Crippen LogP contribution in [0.5, 0.6) is 0 Å². The third-order valence-corrected chi connectivity index (χ3v) is 5.78. The van der Waals surface area contributed by atoms with Gasteiger partial charge in [-0.1, -0.05) is 36.4 Å². The number of rotatable bonds is 4. The maximum Gasteiger partial charge on any atom is 0.159 e. The highest BCUT2D eigenvalue weighted by molar-refractivity contribution is 5.99. The quantitative estimate of drug-likeness (QED) is 0.440. The van der Waals surface area contributed by atoms with Crippen molar-refractivity contribution in [2.45, 2.75) is 6.61 Å². The molecule has 0 aliphatic rings. The minimum Gasteiger partial charge on any atom is -0.380 e. The summed E-state index contributed by atoms with van der Waals surface area (Å²) in [7, 11) is 3.59. The maximum absolute atomic E-state index is 5.34. The van der Waals surface area contributed by atoms with E-state index in [1.54, 1.807) is 11.8 Å². The molecule has 0 bridgehead atoms. The van der Waals surface area contributed by atoms with Crippen molar-refractivity contribution in [3.63, 3.8) is 0 Å². The molecule has 0 amide bonds. The van der Waals surface area contributed by atoms with Gasteiger partial charge < -0.3 is 9.72 Å². The van der Waals surface area contributed by atoms with E-state index in [4.69, 9.17) is 19.8 Å². The van der Waals surface area contributed by atoms with Gasteiger partial charge >= 0.3 is 0 Å². The number of pyridine rings is 2. The molecule has 4 heterocycles. The molecule has 0 atom stereocenters. The molecule has 0 saturated carbocycles. The number of hydrogen-bond donors (Lipinski definition) is 1. The number of aryl methyl sites for hydroxylation is 1. The molecule has 1 N–H and O–H groups in total. The van der Waals surface area contributed by atoms with Gasteiger partial charge in [0.2, 0.25) is 0 Å². The summed E-state index contributed by atoms with van der Waals surface area (Å²) in [6.07, 6.45) is 5.65. The summed E-state index contributed by atoms with van der Waals surface area (Å²) < 4.78 is 7.13. The predicted molar refractivity (Wildman–Crippen MR) is 125 cm³/mol. The second kappa shape index (κ2) is 7.25. The fourth-order valence-electron chi connectivity index (χ4n) is 4.29. The van der Waals surface area contributed by atoms with Gasteiger partial charge in [0.05, 0.1) is 23.0 Å². The number of nitrogens with one attached hydrogen (secondary N) is 1. The van der Waals surface area contributed by atoms with Crippen LogP contribution in [0.3, 0.4) is 0 Å². The van der Waals surface area contributed by atoms with Gasteiger partial charge in [-0.2, -0.15) is 5.10 Å². The van der Waals surface area contributed by atoms with E-state index in [1.807, 2.05) is 56.0 Å². The Hall–Kier alpha value is -4.10. The Balaban J connectivity index is 1.56. The van der Waals surface area contributed by atoms with Crippen LogP contribution in [0.4, 0.5) is 0 Å². The Morgan fingerprint density at radius 2 is 1.91 bits per heavy atom. The van der Waals surface area contributed by atoms with E-state index in [1.165, 1.54) is 0 Å². The topological polar surface area (TPSA) is 81.5 Å². The average molecular weight is 420 g/mol. The van der Waals surface area contributed by atoms with Gasteiger partial charge in [-0.3, -0.25) is 4.98 Å². The van der Waals surface area contributed by atoms with Crippen molar-refractivity contribution in [1.29, 1.82) is 0 Å². The third-order valence-electron chi connectivity index (χ3n) is 5.78. The average Bonchev–Trinajstić information content (AvgIpc) is 3.40. The minimum atomic E-state index is 0.504. The van der Waals surface area contributed by atoms with Crippen LogP contribution in [0.25, 0.3) is 55.5 Å². The van der Waals surface area contributed by atoms with E-state index >= 15 is 0 Å². The van der Waals surface area contributed by atoms with Crippen molar-refractivity contribution in [3.8, 4) is 22.6 Å². The Labute approximate surface area is 183 Å². The number of aromatic amines is 1. The van der Waals surface area contributed by atoms with Crippen molar-refractivity contribution in [1.82, 2.24) is 29.7 Å². The lowest BCUT2D eigenvalue weighted by atomic mass is 10.0. The highest BCUT2D eigenvalue weighted by Crippen LogP contribution is 2.33. The Kier molecular flexibility index (Phi) is 4.22. The predicted octanol–water partition coefficient (Wildman–Crippen LogP) is 4.87. The van der Waals surface area contributed by atoms with Crippen LogP contribution in [0.15, 0.2) is 67.1 Å². The van der Waals surface area contributed by atoms with E-state index < -0.39 is 0 Å². The molecule has 2 aromatic carbocycles. The van der Waals surface area contributed by atoms with Crippen LogP contribution >= 0.6 is 0 Å². The zero-order chi connectivity index (χ0) is 21.7. The summed E-state index contributed by atoms with van der Waals surface area (Å²) >= 11 is 0. The normalized spacial score (nSPS) is 11.7. The van der Waals surface area contributed by atoms with E-state index in [2.05, 4.69) is 28.2 Å². The standard InChI is InChI=1S/C25H20N6O/c1-31-25-19(10-17(12-27-25)20-13-26-11-15-6-3-4-8-18(15)20)23(30-31)24-28-21-9-5-7-16(14-32-2)22(21)29-24/h3-13H,14H2,1-2H3,(H,28,29). The van der Waals surface area contributed by atoms with Gasteiger partial charge in [0.1, 0.15) is 5.69 Å². The van der Waals surface area contributed by atoms with Gasteiger partial charge in [-0.15, -0.1) is 0 Å². The summed E-state index contributed by atoms with van der Waals surface area (Å²) in [5, 5.41) is 7.91. The molecule has 0 fully saturated rings. The molecule has 4 aromatic heterocycles. The highest BCUT2D eigenvalue weighted by Gasteiger charge is 2.18. The van der Waals surface area contributed by atoms with Gasteiger partial charge in [0.25, 0.3) is 0 Å². The number of hydrogen-bond acceptors (Lipinski definition) is 5. The second-order valence-electron chi connectivity index (χ2n) is 7.81. The third kappa shape index (κ3) is 2.86. The first kappa shape index (κ1) is 18.7. The molecule has 7 nitrogen and oxygen atoms in total. The van der Waals surface area contributed by atoms with E-state index in [0.717, 1.165) is 55.2 Å². The van der Waals surface area contributed by atoms with Crippen molar-refractivity contribution in [3.05, 3.63) is 72.7 Å². The SMILES string of the molecule is COCc1cccc2[nH]c(-c3nn(C)c4ncc(-c5cncc6ccccc56)cc34)nc12. The first-order valence-electron chi connectivity index (χ1n) is 10.4. The van der Waals surface area contributed by atoms with Crippen LogP contribution in [0.2, 0.25) is 0 Å². The molecule has 0 unspecified atom stereocenters. The summed E-state index contributed by atoms with van der Waals surface area (Å²) in [5.74, 6) is 0.712. The number of ether oxygens (including phenoxy) is 1. The molecule has 7 heteroatoms. The zero-order valence-corrected chi connectivity index (χ0v) is 17.7. The number of H-pyrrole nitrogens is 1. The molecular weight excluding hydrogens is 400 g/mol. The maximum atomic E-state index is 5.34. The van der Waals surface area contributed by atoms with E-state index in [0.29, 0.717) is 12.4 Å². The lowest BCUT2D eigenvalue weighted by Crippen LogP contribution is -1.92. The summed E-state index contributed by atoms with van der Waals surface area (Å²) in [4.78, 5) is 17.4. The molecule has 0 radical (unpaired) electrons. The van der Waals surface area contributed by atoms with Crippen LogP contribution < -0.4 is 0 Å². The molecule has 0 saturated heterocycles. The number of nitrogens with zero attached hydrogens (tertiary/aromatic N) is 5. The van der Waals surface area contributed by atoms with Crippen LogP contribution in [0, 0.1) is 0 Å². The molecule has 0 aliphatic carbocycles. The minimum absolute atomic E-state index is 0.504. The highest BCUT2D eigenvalue weighted by atomic mass is 16.5. The number of benzene rings is 2. The lowest BCUT2D eigenvalue weighted by molar-refractivity contribution is 0.186. The summed E-state index contributed by atoms with van der Waals surface area (Å²) in [6.45, 7) is 0.504. The monoisotopic (exact) mass is 420 g/mol.